The number of carbonyl (C=O) groups excluding carboxylic acids is 1. The average Bonchev–Trinajstić information content (AvgIpc) is 2.97. The molecule has 0 saturated carbocycles. The van der Waals surface area contributed by atoms with Crippen LogP contribution in [0.15, 0.2) is 84.9 Å². The highest BCUT2D eigenvalue weighted by Crippen LogP contribution is 2.11. The Hall–Kier alpha value is -2.61. The highest BCUT2D eigenvalue weighted by Gasteiger charge is 1.85. The fourth-order valence-electron chi connectivity index (χ4n) is 1.52. The maximum Gasteiger partial charge on any atom is 0.302 e. The number of fused-ring (bicyclic) bond motifs is 1. The van der Waals surface area contributed by atoms with Crippen LogP contribution in [0.5, 0.6) is 0 Å². The smallest absolute Gasteiger partial charge is 0.302 e. The van der Waals surface area contributed by atoms with Gasteiger partial charge in [-0.25, -0.2) is 0 Å². The zero-order valence-electron chi connectivity index (χ0n) is 24.4. The minimum absolute atomic E-state index is 0.245. The molecule has 0 aliphatic carbocycles. The molecule has 0 heterocycles. The van der Waals surface area contributed by atoms with Crippen molar-refractivity contribution in [3.63, 3.8) is 0 Å². The molecule has 0 bridgehead atoms. The molecule has 0 amide bonds. The molecular formula is C31H56O2. The molecule has 33 heavy (non-hydrogen) atoms. The molecule has 0 aromatic heterocycles. The van der Waals surface area contributed by atoms with Crippen LogP contribution in [0, 0.1) is 0 Å². The summed E-state index contributed by atoms with van der Waals surface area (Å²) < 4.78 is 4.11. The van der Waals surface area contributed by atoms with Gasteiger partial charge in [-0.2, -0.15) is 0 Å². The van der Waals surface area contributed by atoms with E-state index in [0.29, 0.717) is 0 Å². The standard InChI is InChI=1S/C10H8.C6H6.C3H6O2.6C2H6/c1-2-6-10-8-4-3-7-9(10)5-1;1-2-4-6-5-3-1;1-3(4)5-2;6*1-2/h1-8H;1-6H;1-2H3;6*1-2H3. The van der Waals surface area contributed by atoms with Crippen LogP contribution >= 0.6 is 0 Å². The maximum absolute atomic E-state index is 9.59. The van der Waals surface area contributed by atoms with Gasteiger partial charge in [0.2, 0.25) is 0 Å². The summed E-state index contributed by atoms with van der Waals surface area (Å²) in [6.07, 6.45) is 0. The molecule has 192 valence electrons. The van der Waals surface area contributed by atoms with Gasteiger partial charge in [0.05, 0.1) is 7.11 Å². The van der Waals surface area contributed by atoms with E-state index in [1.807, 2.05) is 119 Å². The number of hydrogen-bond donors (Lipinski definition) is 0. The molecule has 0 atom stereocenters. The molecule has 0 radical (unpaired) electrons. The first-order valence-electron chi connectivity index (χ1n) is 12.7. The highest BCUT2D eigenvalue weighted by atomic mass is 16.5. The topological polar surface area (TPSA) is 26.3 Å². The second-order valence-corrected chi connectivity index (χ2v) is 4.20. The first-order valence-corrected chi connectivity index (χ1v) is 12.7. The van der Waals surface area contributed by atoms with E-state index in [-0.39, 0.29) is 5.97 Å². The number of methoxy groups -OCH3 is 1. The second-order valence-electron chi connectivity index (χ2n) is 4.20. The van der Waals surface area contributed by atoms with Crippen LogP contribution in [-0.4, -0.2) is 13.1 Å². The monoisotopic (exact) mass is 460 g/mol. The Balaban J connectivity index is -0.0000000700. The van der Waals surface area contributed by atoms with Gasteiger partial charge in [0.1, 0.15) is 0 Å². The van der Waals surface area contributed by atoms with Crippen LogP contribution in [0.1, 0.15) is 90.0 Å². The van der Waals surface area contributed by atoms with Crippen molar-refractivity contribution >= 4 is 16.7 Å². The number of hydrogen-bond acceptors (Lipinski definition) is 2. The third kappa shape index (κ3) is 40.3. The van der Waals surface area contributed by atoms with Crippen molar-refractivity contribution in [1.82, 2.24) is 0 Å². The molecule has 3 rings (SSSR count). The fourth-order valence-corrected chi connectivity index (χ4v) is 1.52. The predicted octanol–water partition coefficient (Wildman–Crippen LogP) is 10.9. The van der Waals surface area contributed by atoms with Crippen LogP contribution in [0.3, 0.4) is 0 Å². The molecule has 0 aliphatic heterocycles. The van der Waals surface area contributed by atoms with Crippen molar-refractivity contribution in [2.45, 2.75) is 90.0 Å². The molecule has 3 aromatic carbocycles. The van der Waals surface area contributed by atoms with E-state index in [4.69, 9.17) is 0 Å². The summed E-state index contributed by atoms with van der Waals surface area (Å²) in [6, 6.07) is 28.7. The summed E-state index contributed by atoms with van der Waals surface area (Å²) in [4.78, 5) is 9.59. The van der Waals surface area contributed by atoms with Gasteiger partial charge < -0.3 is 4.74 Å². The lowest BCUT2D eigenvalue weighted by Crippen LogP contribution is -1.88. The molecular weight excluding hydrogens is 404 g/mol. The SMILES string of the molecule is CC.CC.CC.CC.CC.CC.COC(C)=O.c1ccc2ccccc2c1.c1ccccc1. The summed E-state index contributed by atoms with van der Waals surface area (Å²) in [5.41, 5.74) is 0. The van der Waals surface area contributed by atoms with Crippen LogP contribution in [-0.2, 0) is 9.53 Å². The van der Waals surface area contributed by atoms with Crippen molar-refractivity contribution in [3.05, 3.63) is 84.9 Å². The lowest BCUT2D eigenvalue weighted by Gasteiger charge is -1.92. The molecule has 3 aromatic rings. The van der Waals surface area contributed by atoms with Gasteiger partial charge in [0, 0.05) is 6.92 Å². The molecule has 2 heteroatoms. The van der Waals surface area contributed by atoms with Crippen molar-refractivity contribution in [2.75, 3.05) is 7.11 Å². The predicted molar refractivity (Wildman–Crippen MR) is 156 cm³/mol. The Labute approximate surface area is 208 Å². The summed E-state index contributed by atoms with van der Waals surface area (Å²) in [5, 5.41) is 2.62. The van der Waals surface area contributed by atoms with E-state index in [0.717, 1.165) is 0 Å². The minimum atomic E-state index is -0.245. The Kier molecular flexibility index (Phi) is 69.2. The lowest BCUT2D eigenvalue weighted by atomic mass is 10.1. The number of esters is 1. The van der Waals surface area contributed by atoms with Crippen molar-refractivity contribution in [1.29, 1.82) is 0 Å². The first-order chi connectivity index (χ1) is 16.2. The molecule has 0 unspecified atom stereocenters. The largest absolute Gasteiger partial charge is 0.469 e. The van der Waals surface area contributed by atoms with Crippen LogP contribution in [0.25, 0.3) is 10.8 Å². The van der Waals surface area contributed by atoms with E-state index >= 15 is 0 Å². The van der Waals surface area contributed by atoms with Gasteiger partial charge in [0.15, 0.2) is 0 Å². The number of ether oxygens (including phenoxy) is 1. The third-order valence-electron chi connectivity index (χ3n) is 2.61. The lowest BCUT2D eigenvalue weighted by molar-refractivity contribution is -0.137. The van der Waals surface area contributed by atoms with Gasteiger partial charge in [-0.1, -0.05) is 168 Å². The van der Waals surface area contributed by atoms with E-state index in [9.17, 15) is 4.79 Å². The van der Waals surface area contributed by atoms with E-state index < -0.39 is 0 Å². The average molecular weight is 461 g/mol. The summed E-state index contributed by atoms with van der Waals surface area (Å²) in [7, 11) is 1.35. The normalized spacial score (nSPS) is 6.61. The number of benzene rings is 3. The zero-order chi connectivity index (χ0) is 27.3. The first kappa shape index (κ1) is 44.1. The van der Waals surface area contributed by atoms with Crippen LogP contribution < -0.4 is 0 Å². The third-order valence-corrected chi connectivity index (χ3v) is 2.61. The van der Waals surface area contributed by atoms with Gasteiger partial charge in [0.25, 0.3) is 0 Å². The van der Waals surface area contributed by atoms with Gasteiger partial charge >= 0.3 is 5.97 Å². The Morgan fingerprint density at radius 1 is 0.455 bits per heavy atom. The Morgan fingerprint density at radius 3 is 0.727 bits per heavy atom. The summed E-state index contributed by atoms with van der Waals surface area (Å²) in [6.45, 7) is 25.4. The van der Waals surface area contributed by atoms with Crippen LogP contribution in [0.4, 0.5) is 0 Å². The Morgan fingerprint density at radius 2 is 0.606 bits per heavy atom. The Bertz CT molecular complexity index is 542. The van der Waals surface area contributed by atoms with E-state index in [1.165, 1.54) is 24.8 Å². The molecule has 0 spiro atoms. The quantitative estimate of drug-likeness (QED) is 0.312. The van der Waals surface area contributed by atoms with Crippen molar-refractivity contribution in [2.24, 2.45) is 0 Å². The van der Waals surface area contributed by atoms with Gasteiger partial charge in [-0.3, -0.25) is 4.79 Å². The van der Waals surface area contributed by atoms with Crippen molar-refractivity contribution in [3.8, 4) is 0 Å². The number of rotatable bonds is 0. The second kappa shape index (κ2) is 51.8. The zero-order valence-corrected chi connectivity index (χ0v) is 24.4. The van der Waals surface area contributed by atoms with Gasteiger partial charge in [-0.15, -0.1) is 0 Å². The maximum atomic E-state index is 9.59. The number of carbonyl (C=O) groups is 1. The fraction of sp³-hybridized carbons (Fsp3) is 0.452. The summed E-state index contributed by atoms with van der Waals surface area (Å²) in [5.74, 6) is -0.245. The van der Waals surface area contributed by atoms with Gasteiger partial charge in [-0.05, 0) is 10.8 Å². The van der Waals surface area contributed by atoms with Crippen molar-refractivity contribution < 1.29 is 9.53 Å². The summed E-state index contributed by atoms with van der Waals surface area (Å²) >= 11 is 0. The molecule has 0 aliphatic rings. The van der Waals surface area contributed by atoms with E-state index in [2.05, 4.69) is 53.3 Å². The molecule has 0 fully saturated rings. The molecule has 2 nitrogen and oxygen atoms in total. The highest BCUT2D eigenvalue weighted by molar-refractivity contribution is 5.82. The minimum Gasteiger partial charge on any atom is -0.469 e. The molecule has 0 N–H and O–H groups in total. The van der Waals surface area contributed by atoms with Crippen LogP contribution in [0.2, 0.25) is 0 Å². The van der Waals surface area contributed by atoms with E-state index in [1.54, 1.807) is 0 Å². The molecule has 0 saturated heterocycles.